The van der Waals surface area contributed by atoms with Crippen LogP contribution >= 0.6 is 0 Å². The molecule has 2 unspecified atom stereocenters. The molecule has 108 valence electrons. The third kappa shape index (κ3) is 3.75. The average Bonchev–Trinajstić information content (AvgIpc) is 2.84. The van der Waals surface area contributed by atoms with Gasteiger partial charge in [0.1, 0.15) is 0 Å². The molecule has 7 heteroatoms. The third-order valence-corrected chi connectivity index (χ3v) is 3.30. The van der Waals surface area contributed by atoms with E-state index in [2.05, 4.69) is 10.6 Å². The Morgan fingerprint density at radius 3 is 2.70 bits per heavy atom. The summed E-state index contributed by atoms with van der Waals surface area (Å²) >= 11 is 0. The molecule has 1 aliphatic heterocycles. The van der Waals surface area contributed by atoms with Crippen molar-refractivity contribution >= 4 is 11.6 Å². The molecule has 7 nitrogen and oxygen atoms in total. The van der Waals surface area contributed by atoms with Crippen LogP contribution < -0.4 is 10.6 Å². The number of nitrogens with zero attached hydrogens (tertiary/aromatic N) is 1. The van der Waals surface area contributed by atoms with Gasteiger partial charge in [-0.1, -0.05) is 0 Å². The molecule has 2 atom stereocenters. The largest absolute Gasteiger partial charge is 0.387 e. The van der Waals surface area contributed by atoms with Crippen molar-refractivity contribution in [3.63, 3.8) is 0 Å². The van der Waals surface area contributed by atoms with E-state index in [-0.39, 0.29) is 17.6 Å². The van der Waals surface area contributed by atoms with E-state index in [1.54, 1.807) is 12.1 Å². The molecule has 3 N–H and O–H groups in total. The Morgan fingerprint density at radius 1 is 1.45 bits per heavy atom. The Bertz CT molecular complexity index is 489. The third-order valence-electron chi connectivity index (χ3n) is 3.30. The van der Waals surface area contributed by atoms with Crippen molar-refractivity contribution in [2.24, 2.45) is 0 Å². The lowest BCUT2D eigenvalue weighted by Gasteiger charge is -2.15. The molecule has 1 aromatic rings. The molecule has 0 saturated carbocycles. The molecular formula is C13H17N3O4. The highest BCUT2D eigenvalue weighted by Crippen LogP contribution is 2.17. The van der Waals surface area contributed by atoms with Crippen molar-refractivity contribution in [1.29, 1.82) is 0 Å². The lowest BCUT2D eigenvalue weighted by atomic mass is 10.1. The van der Waals surface area contributed by atoms with Gasteiger partial charge in [0.05, 0.1) is 11.0 Å². The van der Waals surface area contributed by atoms with Crippen molar-refractivity contribution in [3.8, 4) is 0 Å². The number of benzene rings is 1. The van der Waals surface area contributed by atoms with Gasteiger partial charge in [0.25, 0.3) is 5.69 Å². The first-order valence-corrected chi connectivity index (χ1v) is 6.49. The van der Waals surface area contributed by atoms with Gasteiger partial charge >= 0.3 is 0 Å². The van der Waals surface area contributed by atoms with Gasteiger partial charge < -0.3 is 15.7 Å². The van der Waals surface area contributed by atoms with E-state index in [1.807, 2.05) is 0 Å². The van der Waals surface area contributed by atoms with Gasteiger partial charge in [-0.05, 0) is 24.1 Å². The first-order chi connectivity index (χ1) is 9.56. The Balaban J connectivity index is 1.78. The van der Waals surface area contributed by atoms with Crippen LogP contribution in [0.4, 0.5) is 5.69 Å². The van der Waals surface area contributed by atoms with Crippen LogP contribution in [-0.4, -0.2) is 35.1 Å². The molecule has 1 aliphatic rings. The number of carbonyl (C=O) groups excluding carboxylic acids is 1. The van der Waals surface area contributed by atoms with E-state index in [1.165, 1.54) is 12.1 Å². The smallest absolute Gasteiger partial charge is 0.269 e. The quantitative estimate of drug-likeness (QED) is 0.519. The maximum atomic E-state index is 11.0. The van der Waals surface area contributed by atoms with E-state index in [0.29, 0.717) is 25.1 Å². The minimum atomic E-state index is -0.729. The molecule has 20 heavy (non-hydrogen) atoms. The molecule has 1 heterocycles. The number of nitro benzene ring substituents is 1. The van der Waals surface area contributed by atoms with Crippen LogP contribution in [0.15, 0.2) is 24.3 Å². The van der Waals surface area contributed by atoms with Gasteiger partial charge in [-0.25, -0.2) is 0 Å². The number of nitrogens with one attached hydrogen (secondary N) is 2. The predicted molar refractivity (Wildman–Crippen MR) is 72.1 cm³/mol. The zero-order chi connectivity index (χ0) is 14.5. The highest BCUT2D eigenvalue weighted by atomic mass is 16.6. The second-order valence-electron chi connectivity index (χ2n) is 4.83. The maximum Gasteiger partial charge on any atom is 0.269 e. The van der Waals surface area contributed by atoms with E-state index >= 15 is 0 Å². The minimum Gasteiger partial charge on any atom is -0.387 e. The number of rotatable bonds is 6. The second-order valence-corrected chi connectivity index (χ2v) is 4.83. The highest BCUT2D eigenvalue weighted by molar-refractivity contribution is 5.78. The van der Waals surface area contributed by atoms with Crippen LogP contribution in [0.3, 0.4) is 0 Å². The van der Waals surface area contributed by atoms with Crippen LogP contribution in [0.2, 0.25) is 0 Å². The standard InChI is InChI=1S/C13H17N3O4/c17-12(8-14-7-10-3-6-13(18)15-10)9-1-4-11(5-2-9)16(19)20/h1-2,4-5,10,12,14,17H,3,6-8H2,(H,15,18). The van der Waals surface area contributed by atoms with E-state index < -0.39 is 11.0 Å². The molecule has 0 aromatic heterocycles. The normalized spacial score (nSPS) is 19.6. The van der Waals surface area contributed by atoms with Crippen LogP contribution in [0.25, 0.3) is 0 Å². The fraction of sp³-hybridized carbons (Fsp3) is 0.462. The summed E-state index contributed by atoms with van der Waals surface area (Å²) in [6.45, 7) is 0.944. The van der Waals surface area contributed by atoms with Crippen LogP contribution in [0.1, 0.15) is 24.5 Å². The fourth-order valence-corrected chi connectivity index (χ4v) is 2.16. The molecule has 0 aliphatic carbocycles. The van der Waals surface area contributed by atoms with E-state index in [0.717, 1.165) is 6.42 Å². The number of hydrogen-bond donors (Lipinski definition) is 3. The lowest BCUT2D eigenvalue weighted by Crippen LogP contribution is -2.37. The number of carbonyl (C=O) groups is 1. The molecule has 1 amide bonds. The lowest BCUT2D eigenvalue weighted by molar-refractivity contribution is -0.384. The predicted octanol–water partition coefficient (Wildman–Crippen LogP) is 0.496. The number of non-ortho nitro benzene ring substituents is 1. The van der Waals surface area contributed by atoms with Crippen LogP contribution in [-0.2, 0) is 4.79 Å². The molecule has 0 spiro atoms. The minimum absolute atomic E-state index is 0.00239. The van der Waals surface area contributed by atoms with Gasteiger partial charge in [-0.3, -0.25) is 14.9 Å². The van der Waals surface area contributed by atoms with Gasteiger partial charge in [-0.2, -0.15) is 0 Å². The Morgan fingerprint density at radius 2 is 2.15 bits per heavy atom. The van der Waals surface area contributed by atoms with Crippen LogP contribution in [0.5, 0.6) is 0 Å². The Kier molecular flexibility index (Phi) is 4.65. The van der Waals surface area contributed by atoms with Crippen molar-refractivity contribution in [1.82, 2.24) is 10.6 Å². The van der Waals surface area contributed by atoms with Gasteiger partial charge in [-0.15, -0.1) is 0 Å². The molecule has 0 radical (unpaired) electrons. The average molecular weight is 279 g/mol. The molecule has 1 fully saturated rings. The summed E-state index contributed by atoms with van der Waals surface area (Å²) in [5, 5.41) is 26.4. The number of amides is 1. The second kappa shape index (κ2) is 6.44. The van der Waals surface area contributed by atoms with Crippen LogP contribution in [0, 0.1) is 10.1 Å². The number of nitro groups is 1. The Labute approximate surface area is 116 Å². The number of aliphatic hydroxyl groups excluding tert-OH is 1. The van der Waals surface area contributed by atoms with Crippen molar-refractivity contribution < 1.29 is 14.8 Å². The maximum absolute atomic E-state index is 11.0. The zero-order valence-electron chi connectivity index (χ0n) is 10.9. The van der Waals surface area contributed by atoms with E-state index in [4.69, 9.17) is 0 Å². The molecule has 1 aromatic carbocycles. The van der Waals surface area contributed by atoms with Gasteiger partial charge in [0.2, 0.25) is 5.91 Å². The van der Waals surface area contributed by atoms with Gasteiger partial charge in [0, 0.05) is 37.7 Å². The van der Waals surface area contributed by atoms with Gasteiger partial charge in [0.15, 0.2) is 0 Å². The van der Waals surface area contributed by atoms with Crippen molar-refractivity contribution in [3.05, 3.63) is 39.9 Å². The van der Waals surface area contributed by atoms with Crippen molar-refractivity contribution in [2.45, 2.75) is 25.0 Å². The summed E-state index contributed by atoms with van der Waals surface area (Å²) < 4.78 is 0. The van der Waals surface area contributed by atoms with Crippen molar-refractivity contribution in [2.75, 3.05) is 13.1 Å². The number of hydrogen-bond acceptors (Lipinski definition) is 5. The summed E-state index contributed by atoms with van der Waals surface area (Å²) in [5.41, 5.74) is 0.626. The topological polar surface area (TPSA) is 104 Å². The summed E-state index contributed by atoms with van der Waals surface area (Å²) in [6.07, 6.45) is 0.629. The first kappa shape index (κ1) is 14.4. The molecule has 0 bridgehead atoms. The summed E-state index contributed by atoms with van der Waals surface area (Å²) in [5.74, 6) is 0.0627. The monoisotopic (exact) mass is 279 g/mol. The molecule has 1 saturated heterocycles. The number of aliphatic hydroxyl groups is 1. The van der Waals surface area contributed by atoms with E-state index in [9.17, 15) is 20.0 Å². The summed E-state index contributed by atoms with van der Waals surface area (Å²) in [6, 6.07) is 5.95. The fourth-order valence-electron chi connectivity index (χ4n) is 2.16. The Hall–Kier alpha value is -1.99. The summed E-state index contributed by atoms with van der Waals surface area (Å²) in [4.78, 5) is 21.1. The molecule has 2 rings (SSSR count). The molecular weight excluding hydrogens is 262 g/mol. The SMILES string of the molecule is O=C1CCC(CNCC(O)c2ccc([N+](=O)[O-])cc2)N1. The zero-order valence-corrected chi connectivity index (χ0v) is 10.9. The first-order valence-electron chi connectivity index (χ1n) is 6.49. The summed E-state index contributed by atoms with van der Waals surface area (Å²) in [7, 11) is 0. The highest BCUT2D eigenvalue weighted by Gasteiger charge is 2.20.